The van der Waals surface area contributed by atoms with Crippen LogP contribution in [-0.2, 0) is 28.3 Å². The number of nitrogens with one attached hydrogen (secondary N) is 1. The van der Waals surface area contributed by atoms with Gasteiger partial charge in [0.05, 0.1) is 22.5 Å². The fraction of sp³-hybridized carbons (Fsp3) is 0.417. The second-order valence-electron chi connectivity index (χ2n) is 7.83. The maximum absolute atomic E-state index is 12.9. The molecule has 0 fully saturated rings. The van der Waals surface area contributed by atoms with E-state index in [1.165, 1.54) is 16.4 Å². The summed E-state index contributed by atoms with van der Waals surface area (Å²) in [6.45, 7) is 5.30. The molecule has 1 amide bonds. The number of nitrogens with zero attached hydrogens (tertiary/aromatic N) is 3. The lowest BCUT2D eigenvalue weighted by Gasteiger charge is -2.18. The molecule has 3 rings (SSSR count). The van der Waals surface area contributed by atoms with Crippen LogP contribution in [0.25, 0.3) is 11.0 Å². The van der Waals surface area contributed by atoms with Crippen LogP contribution in [0.3, 0.4) is 0 Å². The van der Waals surface area contributed by atoms with E-state index in [1.54, 1.807) is 30.3 Å². The van der Waals surface area contributed by atoms with E-state index in [-0.39, 0.29) is 23.0 Å². The van der Waals surface area contributed by atoms with Gasteiger partial charge >= 0.3 is 0 Å². The van der Waals surface area contributed by atoms with Crippen LogP contribution in [0.4, 0.5) is 4.39 Å². The first-order valence-corrected chi connectivity index (χ1v) is 12.8. The number of benzene rings is 2. The van der Waals surface area contributed by atoms with Gasteiger partial charge in [-0.25, -0.2) is 17.8 Å². The standard InChI is InChI=1S/C24H31FN4O4S/c1-4-29(5-2)34(31,32)20-11-12-22-21(17-20)27-23(28(22)3)13-14-24(30)26-15-6-16-33-19-9-7-18(25)8-10-19/h7-12,17H,4-6,13-16H2,1-3H3,(H,26,30). The predicted octanol–water partition coefficient (Wildman–Crippen LogP) is 3.26. The number of hydrogen-bond acceptors (Lipinski definition) is 5. The van der Waals surface area contributed by atoms with Crippen LogP contribution in [-0.4, -0.2) is 54.4 Å². The first kappa shape index (κ1) is 25.6. The summed E-state index contributed by atoms with van der Waals surface area (Å²) in [4.78, 5) is 17.0. The monoisotopic (exact) mass is 490 g/mol. The molecule has 0 aliphatic heterocycles. The Balaban J connectivity index is 1.52. The van der Waals surface area contributed by atoms with Crippen molar-refractivity contribution in [3.8, 4) is 5.75 Å². The largest absolute Gasteiger partial charge is 0.494 e. The van der Waals surface area contributed by atoms with Crippen LogP contribution in [0.5, 0.6) is 5.75 Å². The van der Waals surface area contributed by atoms with E-state index in [9.17, 15) is 17.6 Å². The minimum Gasteiger partial charge on any atom is -0.494 e. The first-order chi connectivity index (χ1) is 16.3. The van der Waals surface area contributed by atoms with E-state index in [4.69, 9.17) is 4.74 Å². The lowest BCUT2D eigenvalue weighted by atomic mass is 10.2. The summed E-state index contributed by atoms with van der Waals surface area (Å²) in [7, 11) is -1.71. The van der Waals surface area contributed by atoms with E-state index in [2.05, 4.69) is 10.3 Å². The predicted molar refractivity (Wildman–Crippen MR) is 129 cm³/mol. The molecule has 1 heterocycles. The van der Waals surface area contributed by atoms with Crippen molar-refractivity contribution in [2.24, 2.45) is 7.05 Å². The molecule has 0 unspecified atom stereocenters. The van der Waals surface area contributed by atoms with Crippen LogP contribution < -0.4 is 10.1 Å². The number of sulfonamides is 1. The van der Waals surface area contributed by atoms with Gasteiger partial charge in [0.2, 0.25) is 15.9 Å². The van der Waals surface area contributed by atoms with Gasteiger partial charge < -0.3 is 14.6 Å². The molecule has 0 saturated carbocycles. The fourth-order valence-corrected chi connectivity index (χ4v) is 5.14. The smallest absolute Gasteiger partial charge is 0.243 e. The Labute approximate surface area is 199 Å². The summed E-state index contributed by atoms with van der Waals surface area (Å²) in [6, 6.07) is 10.7. The number of aryl methyl sites for hydroxylation is 2. The summed E-state index contributed by atoms with van der Waals surface area (Å²) in [6.07, 6.45) is 1.32. The molecule has 3 aromatic rings. The molecule has 1 N–H and O–H groups in total. The number of fused-ring (bicyclic) bond motifs is 1. The zero-order chi connectivity index (χ0) is 24.7. The van der Waals surface area contributed by atoms with E-state index < -0.39 is 10.0 Å². The highest BCUT2D eigenvalue weighted by Gasteiger charge is 2.22. The fourth-order valence-electron chi connectivity index (χ4n) is 3.66. The quantitative estimate of drug-likeness (QED) is 0.394. The molecule has 0 bridgehead atoms. The zero-order valence-corrected chi connectivity index (χ0v) is 20.6. The Bertz CT molecular complexity index is 1220. The summed E-state index contributed by atoms with van der Waals surface area (Å²) >= 11 is 0. The van der Waals surface area contributed by atoms with Gasteiger partial charge in [-0.05, 0) is 48.9 Å². The highest BCUT2D eigenvalue weighted by Crippen LogP contribution is 2.22. The van der Waals surface area contributed by atoms with Crippen molar-refractivity contribution >= 4 is 27.0 Å². The van der Waals surface area contributed by atoms with E-state index in [0.29, 0.717) is 56.2 Å². The van der Waals surface area contributed by atoms with Crippen molar-refractivity contribution < 1.29 is 22.3 Å². The van der Waals surface area contributed by atoms with Gasteiger partial charge in [0, 0.05) is 39.5 Å². The number of rotatable bonds is 12. The molecule has 2 aromatic carbocycles. The van der Waals surface area contributed by atoms with E-state index >= 15 is 0 Å². The molecule has 8 nitrogen and oxygen atoms in total. The molecular formula is C24H31FN4O4S. The van der Waals surface area contributed by atoms with Crippen LogP contribution >= 0.6 is 0 Å². The lowest BCUT2D eigenvalue weighted by Crippen LogP contribution is -2.30. The number of amides is 1. The van der Waals surface area contributed by atoms with Gasteiger partial charge in [-0.3, -0.25) is 4.79 Å². The molecule has 1 aromatic heterocycles. The van der Waals surface area contributed by atoms with Crippen molar-refractivity contribution in [1.82, 2.24) is 19.2 Å². The zero-order valence-electron chi connectivity index (χ0n) is 19.8. The molecule has 0 radical (unpaired) electrons. The number of carbonyl (C=O) groups excluding carboxylic acids is 1. The van der Waals surface area contributed by atoms with Crippen LogP contribution in [0.15, 0.2) is 47.4 Å². The number of hydrogen-bond donors (Lipinski definition) is 1. The van der Waals surface area contributed by atoms with Crippen LogP contribution in [0.1, 0.15) is 32.5 Å². The minimum absolute atomic E-state index is 0.0985. The summed E-state index contributed by atoms with van der Waals surface area (Å²) < 4.78 is 47.3. The van der Waals surface area contributed by atoms with Crippen molar-refractivity contribution in [2.45, 2.75) is 38.0 Å². The molecule has 34 heavy (non-hydrogen) atoms. The van der Waals surface area contributed by atoms with Crippen molar-refractivity contribution in [2.75, 3.05) is 26.2 Å². The van der Waals surface area contributed by atoms with Gasteiger partial charge in [-0.15, -0.1) is 0 Å². The molecule has 0 spiro atoms. The SMILES string of the molecule is CCN(CC)S(=O)(=O)c1ccc2c(c1)nc(CCC(=O)NCCCOc1ccc(F)cc1)n2C. The van der Waals surface area contributed by atoms with Crippen molar-refractivity contribution in [3.05, 3.63) is 54.1 Å². The van der Waals surface area contributed by atoms with Gasteiger partial charge in [-0.2, -0.15) is 4.31 Å². The Kier molecular flexibility index (Phi) is 8.62. The Morgan fingerprint density at radius 1 is 1.15 bits per heavy atom. The van der Waals surface area contributed by atoms with Gasteiger partial charge in [0.1, 0.15) is 17.4 Å². The Morgan fingerprint density at radius 3 is 2.53 bits per heavy atom. The molecule has 184 valence electrons. The molecule has 0 saturated heterocycles. The van der Waals surface area contributed by atoms with E-state index in [1.807, 2.05) is 25.5 Å². The normalized spacial score (nSPS) is 11.8. The maximum atomic E-state index is 12.9. The Morgan fingerprint density at radius 2 is 1.85 bits per heavy atom. The Hall–Kier alpha value is -2.98. The van der Waals surface area contributed by atoms with Crippen LogP contribution in [0, 0.1) is 5.82 Å². The maximum Gasteiger partial charge on any atom is 0.243 e. The van der Waals surface area contributed by atoms with Gasteiger partial charge in [0.15, 0.2) is 0 Å². The molecule has 0 atom stereocenters. The third-order valence-electron chi connectivity index (χ3n) is 5.59. The number of carbonyl (C=O) groups is 1. The summed E-state index contributed by atoms with van der Waals surface area (Å²) in [5.74, 6) is 0.883. The highest BCUT2D eigenvalue weighted by atomic mass is 32.2. The summed E-state index contributed by atoms with van der Waals surface area (Å²) in [5, 5.41) is 2.86. The second kappa shape index (κ2) is 11.4. The highest BCUT2D eigenvalue weighted by molar-refractivity contribution is 7.89. The molecule has 10 heteroatoms. The average molecular weight is 491 g/mol. The number of imidazole rings is 1. The van der Waals surface area contributed by atoms with Gasteiger partial charge in [0.25, 0.3) is 0 Å². The van der Waals surface area contributed by atoms with Crippen molar-refractivity contribution in [3.63, 3.8) is 0 Å². The average Bonchev–Trinajstić information content (AvgIpc) is 3.14. The van der Waals surface area contributed by atoms with E-state index in [0.717, 1.165) is 5.52 Å². The lowest BCUT2D eigenvalue weighted by molar-refractivity contribution is -0.121. The topological polar surface area (TPSA) is 93.5 Å². The molecule has 0 aliphatic carbocycles. The molecule has 0 aliphatic rings. The number of aromatic nitrogens is 2. The third-order valence-corrected chi connectivity index (χ3v) is 7.64. The number of ether oxygens (including phenoxy) is 1. The molecular weight excluding hydrogens is 459 g/mol. The third kappa shape index (κ3) is 6.12. The van der Waals surface area contributed by atoms with Crippen molar-refractivity contribution in [1.29, 1.82) is 0 Å². The summed E-state index contributed by atoms with van der Waals surface area (Å²) in [5.41, 5.74) is 1.40. The van der Waals surface area contributed by atoms with Crippen LogP contribution in [0.2, 0.25) is 0 Å². The first-order valence-electron chi connectivity index (χ1n) is 11.4. The minimum atomic E-state index is -3.56. The number of halogens is 1. The van der Waals surface area contributed by atoms with Gasteiger partial charge in [-0.1, -0.05) is 13.8 Å². The second-order valence-corrected chi connectivity index (χ2v) is 9.77.